The van der Waals surface area contributed by atoms with Crippen LogP contribution in [-0.4, -0.2) is 19.5 Å². The molecule has 0 aromatic heterocycles. The zero-order valence-electron chi connectivity index (χ0n) is 17.8. The summed E-state index contributed by atoms with van der Waals surface area (Å²) >= 11 is 0. The average molecular weight is 383 g/mol. The SMILES string of the molecule is Cc1cc(Cc2ccc(OCCCCC=O)cc2)ccc1OCCC(C)(C)C. The lowest BCUT2D eigenvalue weighted by Gasteiger charge is -2.19. The quantitative estimate of drug-likeness (QED) is 0.345. The van der Waals surface area contributed by atoms with Gasteiger partial charge in [-0.2, -0.15) is 0 Å². The van der Waals surface area contributed by atoms with Crippen molar-refractivity contribution in [2.75, 3.05) is 13.2 Å². The lowest BCUT2D eigenvalue weighted by atomic mass is 9.93. The number of carbonyl (C=O) groups is 1. The van der Waals surface area contributed by atoms with Crippen LogP contribution in [0.3, 0.4) is 0 Å². The molecule has 0 spiro atoms. The Morgan fingerprint density at radius 1 is 0.893 bits per heavy atom. The van der Waals surface area contributed by atoms with E-state index < -0.39 is 0 Å². The van der Waals surface area contributed by atoms with E-state index in [1.54, 1.807) is 0 Å². The second-order valence-corrected chi connectivity index (χ2v) is 8.59. The van der Waals surface area contributed by atoms with Crippen molar-refractivity contribution >= 4 is 6.29 Å². The fourth-order valence-corrected chi connectivity index (χ4v) is 2.91. The maximum Gasteiger partial charge on any atom is 0.122 e. The van der Waals surface area contributed by atoms with Gasteiger partial charge in [0, 0.05) is 6.42 Å². The van der Waals surface area contributed by atoms with Crippen molar-refractivity contribution in [2.24, 2.45) is 5.41 Å². The van der Waals surface area contributed by atoms with Crippen LogP contribution in [0.15, 0.2) is 42.5 Å². The first-order chi connectivity index (χ1) is 13.4. The van der Waals surface area contributed by atoms with Gasteiger partial charge >= 0.3 is 0 Å². The van der Waals surface area contributed by atoms with Gasteiger partial charge in [-0.25, -0.2) is 0 Å². The highest BCUT2D eigenvalue weighted by molar-refractivity contribution is 5.48. The molecule has 0 atom stereocenters. The van der Waals surface area contributed by atoms with Gasteiger partial charge in [-0.1, -0.05) is 45.0 Å². The number of aldehydes is 1. The molecule has 0 aliphatic heterocycles. The van der Waals surface area contributed by atoms with E-state index in [-0.39, 0.29) is 0 Å². The molecule has 0 bridgehead atoms. The van der Waals surface area contributed by atoms with Crippen LogP contribution in [-0.2, 0) is 11.2 Å². The topological polar surface area (TPSA) is 35.5 Å². The van der Waals surface area contributed by atoms with Crippen LogP contribution in [0.4, 0.5) is 0 Å². The maximum absolute atomic E-state index is 10.3. The number of rotatable bonds is 11. The third-order valence-corrected chi connectivity index (χ3v) is 4.67. The van der Waals surface area contributed by atoms with Gasteiger partial charge in [0.1, 0.15) is 17.8 Å². The van der Waals surface area contributed by atoms with Crippen molar-refractivity contribution in [1.29, 1.82) is 0 Å². The minimum atomic E-state index is 0.291. The van der Waals surface area contributed by atoms with Crippen LogP contribution < -0.4 is 9.47 Å². The van der Waals surface area contributed by atoms with Gasteiger partial charge in [0.05, 0.1) is 13.2 Å². The molecule has 0 heterocycles. The number of aryl methyl sites for hydroxylation is 1. The van der Waals surface area contributed by atoms with Crippen molar-refractivity contribution in [3.8, 4) is 11.5 Å². The number of benzene rings is 2. The van der Waals surface area contributed by atoms with E-state index >= 15 is 0 Å². The molecule has 2 rings (SSSR count). The average Bonchev–Trinajstić information content (AvgIpc) is 2.64. The Hall–Kier alpha value is -2.29. The molecule has 0 fully saturated rings. The Labute approximate surface area is 170 Å². The highest BCUT2D eigenvalue weighted by Crippen LogP contribution is 2.24. The summed E-state index contributed by atoms with van der Waals surface area (Å²) in [5.74, 6) is 1.86. The summed E-state index contributed by atoms with van der Waals surface area (Å²) in [6.45, 7) is 10.2. The molecular formula is C25H34O3. The molecule has 0 unspecified atom stereocenters. The monoisotopic (exact) mass is 382 g/mol. The van der Waals surface area contributed by atoms with E-state index in [9.17, 15) is 4.79 Å². The largest absolute Gasteiger partial charge is 0.494 e. The van der Waals surface area contributed by atoms with E-state index in [0.29, 0.717) is 18.4 Å². The summed E-state index contributed by atoms with van der Waals surface area (Å²) < 4.78 is 11.7. The van der Waals surface area contributed by atoms with Gasteiger partial charge in [-0.3, -0.25) is 0 Å². The molecule has 28 heavy (non-hydrogen) atoms. The predicted octanol–water partition coefficient (Wildman–Crippen LogP) is 6.15. The number of carbonyl (C=O) groups excluding carboxylic acids is 1. The van der Waals surface area contributed by atoms with Crippen LogP contribution in [0.5, 0.6) is 11.5 Å². The molecule has 2 aromatic rings. The van der Waals surface area contributed by atoms with Crippen LogP contribution in [0.2, 0.25) is 0 Å². The molecule has 0 radical (unpaired) electrons. The minimum Gasteiger partial charge on any atom is -0.494 e. The predicted molar refractivity (Wildman–Crippen MR) is 115 cm³/mol. The van der Waals surface area contributed by atoms with Crippen LogP contribution in [0, 0.1) is 12.3 Å². The molecule has 0 aliphatic carbocycles. The normalized spacial score (nSPS) is 11.3. The molecule has 0 aliphatic rings. The second kappa shape index (κ2) is 10.9. The van der Waals surface area contributed by atoms with Crippen LogP contribution in [0.25, 0.3) is 0 Å². The lowest BCUT2D eigenvalue weighted by molar-refractivity contribution is -0.107. The molecular weight excluding hydrogens is 348 g/mol. The highest BCUT2D eigenvalue weighted by Gasteiger charge is 2.10. The smallest absolute Gasteiger partial charge is 0.122 e. The van der Waals surface area contributed by atoms with Gasteiger partial charge < -0.3 is 14.3 Å². The Morgan fingerprint density at radius 2 is 1.61 bits per heavy atom. The third-order valence-electron chi connectivity index (χ3n) is 4.67. The van der Waals surface area contributed by atoms with E-state index in [0.717, 1.165) is 50.1 Å². The molecule has 0 saturated carbocycles. The number of hydrogen-bond acceptors (Lipinski definition) is 3. The Bertz CT molecular complexity index is 726. The van der Waals surface area contributed by atoms with Crippen molar-refractivity contribution in [3.63, 3.8) is 0 Å². The fourth-order valence-electron chi connectivity index (χ4n) is 2.91. The zero-order chi connectivity index (χ0) is 20.4. The molecule has 3 heteroatoms. The minimum absolute atomic E-state index is 0.291. The second-order valence-electron chi connectivity index (χ2n) is 8.59. The number of ether oxygens (including phenoxy) is 2. The Balaban J connectivity index is 1.84. The van der Waals surface area contributed by atoms with Crippen molar-refractivity contribution in [2.45, 2.75) is 59.8 Å². The van der Waals surface area contributed by atoms with Crippen LogP contribution in [0.1, 0.15) is 63.1 Å². The first-order valence-electron chi connectivity index (χ1n) is 10.2. The summed E-state index contributed by atoms with van der Waals surface area (Å²) in [6, 6.07) is 14.7. The van der Waals surface area contributed by atoms with E-state index in [2.05, 4.69) is 58.0 Å². The summed E-state index contributed by atoms with van der Waals surface area (Å²) in [6.07, 6.45) is 5.30. The van der Waals surface area contributed by atoms with E-state index in [1.165, 1.54) is 16.7 Å². The first-order valence-corrected chi connectivity index (χ1v) is 10.2. The summed E-state index contributed by atoms with van der Waals surface area (Å²) in [5.41, 5.74) is 4.01. The summed E-state index contributed by atoms with van der Waals surface area (Å²) in [7, 11) is 0. The van der Waals surface area contributed by atoms with Gasteiger partial charge in [0.2, 0.25) is 0 Å². The first kappa shape index (κ1) is 22.0. The van der Waals surface area contributed by atoms with Crippen molar-refractivity contribution in [3.05, 3.63) is 59.2 Å². The van der Waals surface area contributed by atoms with Gasteiger partial charge in [-0.15, -0.1) is 0 Å². The Kier molecular flexibility index (Phi) is 8.56. The standard InChI is InChI=1S/C25H34O3/c1-20-18-22(10-13-24(20)28-17-14-25(2,3)4)19-21-8-11-23(12-9-21)27-16-7-5-6-15-26/h8-13,15,18H,5-7,14,16-17,19H2,1-4H3. The lowest BCUT2D eigenvalue weighted by Crippen LogP contribution is -2.11. The van der Waals surface area contributed by atoms with Crippen molar-refractivity contribution in [1.82, 2.24) is 0 Å². The van der Waals surface area contributed by atoms with Gasteiger partial charge in [0.25, 0.3) is 0 Å². The molecule has 3 nitrogen and oxygen atoms in total. The van der Waals surface area contributed by atoms with Crippen LogP contribution >= 0.6 is 0 Å². The Morgan fingerprint density at radius 3 is 2.25 bits per heavy atom. The van der Waals surface area contributed by atoms with E-state index in [1.807, 2.05) is 12.1 Å². The molecule has 0 saturated heterocycles. The van der Waals surface area contributed by atoms with Gasteiger partial charge in [0.15, 0.2) is 0 Å². The number of hydrogen-bond donors (Lipinski definition) is 0. The fraction of sp³-hybridized carbons (Fsp3) is 0.480. The third kappa shape index (κ3) is 8.16. The molecule has 2 aromatic carbocycles. The maximum atomic E-state index is 10.3. The van der Waals surface area contributed by atoms with Gasteiger partial charge in [-0.05, 0) is 72.9 Å². The number of unbranched alkanes of at least 4 members (excludes halogenated alkanes) is 2. The molecule has 152 valence electrons. The van der Waals surface area contributed by atoms with Crippen molar-refractivity contribution < 1.29 is 14.3 Å². The molecule has 0 amide bonds. The highest BCUT2D eigenvalue weighted by atomic mass is 16.5. The summed E-state index contributed by atoms with van der Waals surface area (Å²) in [5, 5.41) is 0. The van der Waals surface area contributed by atoms with E-state index in [4.69, 9.17) is 9.47 Å². The molecule has 0 N–H and O–H groups in total. The zero-order valence-corrected chi connectivity index (χ0v) is 17.8. The summed E-state index contributed by atoms with van der Waals surface area (Å²) in [4.78, 5) is 10.3.